The molecule has 3 rings (SSSR count). The topological polar surface area (TPSA) is 231 Å². The van der Waals surface area contributed by atoms with Crippen LogP contribution in [0.2, 0.25) is 0 Å². The van der Waals surface area contributed by atoms with Crippen LogP contribution in [0.15, 0.2) is 29.4 Å². The number of aliphatic carboxylic acids is 1. The molecule has 16 heteroatoms. The minimum atomic E-state index is -1.54. The van der Waals surface area contributed by atoms with Gasteiger partial charge >= 0.3 is 5.97 Å². The lowest BCUT2D eigenvalue weighted by molar-refractivity contribution is -0.395. The van der Waals surface area contributed by atoms with Gasteiger partial charge in [-0.2, -0.15) is 0 Å². The number of carboxylic acids is 1. The third-order valence-corrected chi connectivity index (χ3v) is 4.43. The Hall–Kier alpha value is -5.02. The maximum atomic E-state index is 11.6. The number of carbonyl (C=O) groups is 1. The highest BCUT2D eigenvalue weighted by Crippen LogP contribution is 2.50. The molecule has 32 heavy (non-hydrogen) atoms. The number of fused-ring (bicyclic) bond motifs is 3. The molecule has 0 bridgehead atoms. The predicted molar refractivity (Wildman–Crippen MR) is 102 cm³/mol. The van der Waals surface area contributed by atoms with E-state index < -0.39 is 71.4 Å². The van der Waals surface area contributed by atoms with E-state index in [0.29, 0.717) is 12.1 Å². The van der Waals surface area contributed by atoms with Gasteiger partial charge in [-0.05, 0) is 6.92 Å². The van der Waals surface area contributed by atoms with E-state index in [1.54, 1.807) is 0 Å². The van der Waals surface area contributed by atoms with Crippen LogP contribution in [0.5, 0.6) is 0 Å². The first kappa shape index (κ1) is 21.7. The Balaban J connectivity index is 2.47. The molecule has 0 amide bonds. The lowest BCUT2D eigenvalue weighted by Gasteiger charge is -2.06. The van der Waals surface area contributed by atoms with Crippen LogP contribution in [0.1, 0.15) is 18.1 Å². The maximum absolute atomic E-state index is 11.6. The van der Waals surface area contributed by atoms with E-state index in [1.807, 2.05) is 0 Å². The molecule has 1 aliphatic carbocycles. The highest BCUT2D eigenvalue weighted by atomic mass is 16.7. The molecule has 0 spiro atoms. The van der Waals surface area contributed by atoms with Crippen molar-refractivity contribution in [2.75, 3.05) is 0 Å². The molecule has 1 N–H and O–H groups in total. The number of carboxylic acid groups (broad SMARTS) is 1. The molecule has 0 radical (unpaired) electrons. The Morgan fingerprint density at radius 2 is 1.25 bits per heavy atom. The Morgan fingerprint density at radius 1 is 0.844 bits per heavy atom. The second kappa shape index (κ2) is 7.67. The van der Waals surface area contributed by atoms with Crippen molar-refractivity contribution in [1.29, 1.82) is 0 Å². The Morgan fingerprint density at radius 3 is 1.56 bits per heavy atom. The first-order valence-electron chi connectivity index (χ1n) is 8.35. The summed E-state index contributed by atoms with van der Waals surface area (Å²) in [6.07, 6.45) is -1.54. The molecule has 2 aromatic carbocycles. The molecule has 0 saturated heterocycles. The number of non-ortho nitro benzene ring substituents is 2. The average molecular weight is 447 g/mol. The summed E-state index contributed by atoms with van der Waals surface area (Å²) in [4.78, 5) is 57.7. The number of oxime groups is 1. The third kappa shape index (κ3) is 3.51. The number of hydrogen-bond acceptors (Lipinski definition) is 11. The van der Waals surface area contributed by atoms with E-state index in [9.17, 15) is 45.3 Å². The van der Waals surface area contributed by atoms with Crippen molar-refractivity contribution in [1.82, 2.24) is 0 Å². The van der Waals surface area contributed by atoms with Gasteiger partial charge in [0.2, 0.25) is 6.10 Å². The van der Waals surface area contributed by atoms with Gasteiger partial charge in [0, 0.05) is 23.3 Å². The number of nitrogens with zero attached hydrogens (tertiary/aromatic N) is 5. The van der Waals surface area contributed by atoms with Crippen molar-refractivity contribution < 1.29 is 34.4 Å². The van der Waals surface area contributed by atoms with Gasteiger partial charge < -0.3 is 9.94 Å². The van der Waals surface area contributed by atoms with E-state index >= 15 is 0 Å². The number of rotatable bonds is 7. The first-order chi connectivity index (χ1) is 14.9. The maximum Gasteiger partial charge on any atom is 0.347 e. The van der Waals surface area contributed by atoms with Crippen molar-refractivity contribution >= 4 is 34.4 Å². The second-order valence-electron chi connectivity index (χ2n) is 6.33. The molecule has 16 nitrogen and oxygen atoms in total. The molecular weight excluding hydrogens is 438 g/mol. The zero-order chi connectivity index (χ0) is 23.9. The molecule has 164 valence electrons. The number of nitro groups is 4. The van der Waals surface area contributed by atoms with Crippen LogP contribution < -0.4 is 0 Å². The molecule has 2 aromatic rings. The fourth-order valence-electron chi connectivity index (χ4n) is 3.04. The lowest BCUT2D eigenvalue weighted by Crippen LogP contribution is -2.18. The highest BCUT2D eigenvalue weighted by molar-refractivity contribution is 6.27. The zero-order valence-electron chi connectivity index (χ0n) is 15.7. The first-order valence-corrected chi connectivity index (χ1v) is 8.35. The van der Waals surface area contributed by atoms with Crippen molar-refractivity contribution in [3.8, 4) is 11.1 Å². The van der Waals surface area contributed by atoms with Crippen molar-refractivity contribution in [2.45, 2.75) is 13.0 Å². The normalized spacial score (nSPS) is 12.3. The standard InChI is InChI=1S/C16H9N5O11/c1-6(16(22)23)32-17-15-9-2-7(18(24)25)4-11(20(28)29)13(9)14-10(15)3-8(19(26)27)5-12(14)21(30)31/h2-6H,1H3,(H,22,23). The quantitative estimate of drug-likeness (QED) is 0.408. The van der Waals surface area contributed by atoms with Crippen molar-refractivity contribution in [3.05, 3.63) is 75.8 Å². The Labute approximate surface area is 174 Å². The summed E-state index contributed by atoms with van der Waals surface area (Å²) in [5, 5.41) is 58.3. The van der Waals surface area contributed by atoms with Crippen LogP contribution in [0.3, 0.4) is 0 Å². The molecule has 1 aliphatic rings. The summed E-state index contributed by atoms with van der Waals surface area (Å²) in [5.74, 6) is -1.46. The largest absolute Gasteiger partial charge is 0.478 e. The lowest BCUT2D eigenvalue weighted by atomic mass is 10.0. The fourth-order valence-corrected chi connectivity index (χ4v) is 3.04. The molecule has 0 fully saturated rings. The SMILES string of the molecule is CC(ON=C1c2cc([N+](=O)[O-])cc([N+](=O)[O-])c2-c2c1cc([N+](=O)[O-])cc2[N+](=O)[O-])C(=O)O. The van der Waals surface area contributed by atoms with Crippen LogP contribution in [-0.2, 0) is 9.63 Å². The molecular formula is C16H9N5O11. The molecule has 0 heterocycles. The van der Waals surface area contributed by atoms with Gasteiger partial charge in [-0.25, -0.2) is 4.79 Å². The van der Waals surface area contributed by atoms with Crippen LogP contribution in [0.4, 0.5) is 22.7 Å². The minimum absolute atomic E-state index is 0.359. The highest BCUT2D eigenvalue weighted by Gasteiger charge is 2.41. The summed E-state index contributed by atoms with van der Waals surface area (Å²) in [5.41, 5.74) is -5.37. The summed E-state index contributed by atoms with van der Waals surface area (Å²) in [6, 6.07) is 2.81. The van der Waals surface area contributed by atoms with E-state index in [0.717, 1.165) is 19.1 Å². The average Bonchev–Trinajstić information content (AvgIpc) is 3.03. The summed E-state index contributed by atoms with van der Waals surface area (Å²) < 4.78 is 0. The van der Waals surface area contributed by atoms with E-state index in [4.69, 9.17) is 9.94 Å². The molecule has 0 aliphatic heterocycles. The van der Waals surface area contributed by atoms with Gasteiger partial charge in [0.1, 0.15) is 5.71 Å². The van der Waals surface area contributed by atoms with Crippen molar-refractivity contribution in [2.24, 2.45) is 5.16 Å². The smallest absolute Gasteiger partial charge is 0.347 e. The summed E-state index contributed by atoms with van der Waals surface area (Å²) in [6.45, 7) is 1.08. The van der Waals surface area contributed by atoms with Crippen molar-refractivity contribution in [3.63, 3.8) is 0 Å². The Kier molecular flexibility index (Phi) is 5.20. The molecule has 0 aromatic heterocycles. The molecule has 0 saturated carbocycles. The molecule has 1 unspecified atom stereocenters. The van der Waals surface area contributed by atoms with Gasteiger partial charge in [0.15, 0.2) is 0 Å². The van der Waals surface area contributed by atoms with Crippen LogP contribution in [-0.4, -0.2) is 42.6 Å². The third-order valence-electron chi connectivity index (χ3n) is 4.43. The van der Waals surface area contributed by atoms with Gasteiger partial charge in [0.05, 0.1) is 43.0 Å². The monoisotopic (exact) mass is 447 g/mol. The summed E-state index contributed by atoms with van der Waals surface area (Å²) in [7, 11) is 0. The van der Waals surface area contributed by atoms with Gasteiger partial charge in [-0.1, -0.05) is 5.16 Å². The predicted octanol–water partition coefficient (Wildman–Crippen LogP) is 2.54. The van der Waals surface area contributed by atoms with Gasteiger partial charge in [-0.15, -0.1) is 0 Å². The van der Waals surface area contributed by atoms with Crippen LogP contribution >= 0.6 is 0 Å². The van der Waals surface area contributed by atoms with E-state index in [2.05, 4.69) is 5.16 Å². The van der Waals surface area contributed by atoms with Crippen LogP contribution in [0, 0.1) is 40.5 Å². The van der Waals surface area contributed by atoms with Gasteiger partial charge in [-0.3, -0.25) is 40.5 Å². The minimum Gasteiger partial charge on any atom is -0.478 e. The second-order valence-corrected chi connectivity index (χ2v) is 6.33. The van der Waals surface area contributed by atoms with Crippen LogP contribution in [0.25, 0.3) is 11.1 Å². The van der Waals surface area contributed by atoms with E-state index in [1.165, 1.54) is 0 Å². The van der Waals surface area contributed by atoms with Gasteiger partial charge in [0.25, 0.3) is 22.7 Å². The number of hydrogen-bond donors (Lipinski definition) is 1. The molecule has 1 atom stereocenters. The Bertz CT molecular complexity index is 1190. The fraction of sp³-hybridized carbons (Fsp3) is 0.125. The van der Waals surface area contributed by atoms with E-state index in [-0.39, 0.29) is 11.1 Å². The number of nitro benzene ring substituents is 4. The zero-order valence-corrected chi connectivity index (χ0v) is 15.7. The number of benzene rings is 2. The summed E-state index contributed by atoms with van der Waals surface area (Å²) >= 11 is 0.